The molecule has 4 aromatic carbocycles. The van der Waals surface area contributed by atoms with Gasteiger partial charge in [-0.15, -0.1) is 0 Å². The SMILES string of the molecule is Cc1cc(CCNc2ccc3c4c(cccc24)C(=O)N(Cc2ccc(C(=O)O)cc2)C3=O)cc(I)c1O. The van der Waals surface area contributed by atoms with Crippen LogP contribution in [0.2, 0.25) is 0 Å². The van der Waals surface area contributed by atoms with E-state index < -0.39 is 5.97 Å². The largest absolute Gasteiger partial charge is 0.507 e. The Labute approximate surface area is 226 Å². The molecule has 0 radical (unpaired) electrons. The van der Waals surface area contributed by atoms with Crippen LogP contribution in [0.25, 0.3) is 10.8 Å². The number of nitrogens with zero attached hydrogens (tertiary/aromatic N) is 1. The van der Waals surface area contributed by atoms with Crippen molar-refractivity contribution in [2.45, 2.75) is 19.9 Å². The number of aryl methyl sites for hydroxylation is 1. The molecule has 0 saturated carbocycles. The molecule has 37 heavy (non-hydrogen) atoms. The van der Waals surface area contributed by atoms with E-state index in [0.29, 0.717) is 34.4 Å². The highest BCUT2D eigenvalue weighted by Crippen LogP contribution is 2.35. The summed E-state index contributed by atoms with van der Waals surface area (Å²) in [4.78, 5) is 39.1. The van der Waals surface area contributed by atoms with Crippen molar-refractivity contribution in [1.82, 2.24) is 4.90 Å². The van der Waals surface area contributed by atoms with Crippen molar-refractivity contribution in [3.63, 3.8) is 0 Å². The van der Waals surface area contributed by atoms with Crippen LogP contribution >= 0.6 is 22.6 Å². The van der Waals surface area contributed by atoms with Gasteiger partial charge in [0, 0.05) is 34.1 Å². The highest BCUT2D eigenvalue weighted by atomic mass is 127. The lowest BCUT2D eigenvalue weighted by Crippen LogP contribution is -2.39. The Morgan fingerprint density at radius 2 is 1.65 bits per heavy atom. The Morgan fingerprint density at radius 1 is 0.946 bits per heavy atom. The average molecular weight is 606 g/mol. The molecule has 1 heterocycles. The summed E-state index contributed by atoms with van der Waals surface area (Å²) < 4.78 is 0.814. The number of aromatic hydroxyl groups is 1. The van der Waals surface area contributed by atoms with Crippen molar-refractivity contribution in [1.29, 1.82) is 0 Å². The third-order valence-electron chi connectivity index (χ3n) is 6.58. The van der Waals surface area contributed by atoms with E-state index in [1.807, 2.05) is 37.3 Å². The normalized spacial score (nSPS) is 12.8. The molecule has 0 spiro atoms. The maximum Gasteiger partial charge on any atom is 0.335 e. The summed E-state index contributed by atoms with van der Waals surface area (Å²) in [7, 11) is 0. The summed E-state index contributed by atoms with van der Waals surface area (Å²) in [5.41, 5.74) is 4.51. The van der Waals surface area contributed by atoms with E-state index in [4.69, 9.17) is 5.11 Å². The number of hydrogen-bond acceptors (Lipinski definition) is 5. The summed E-state index contributed by atoms with van der Waals surface area (Å²) in [6, 6.07) is 19.1. The molecule has 0 aromatic heterocycles. The monoisotopic (exact) mass is 606 g/mol. The standard InChI is InChI=1S/C29H23IN2O5/c1-16-13-18(14-23(30)26(16)33)11-12-31-24-10-9-22-25-20(24)3-2-4-21(25)27(34)32(28(22)35)15-17-5-7-19(8-6-17)29(36)37/h2-10,13-14,31,33H,11-12,15H2,1H3,(H,36,37). The molecule has 186 valence electrons. The van der Waals surface area contributed by atoms with Gasteiger partial charge in [0.15, 0.2) is 0 Å². The van der Waals surface area contributed by atoms with Crippen LogP contribution < -0.4 is 5.32 Å². The molecule has 4 aromatic rings. The maximum atomic E-state index is 13.4. The number of phenols is 1. The first-order valence-electron chi connectivity index (χ1n) is 11.7. The maximum absolute atomic E-state index is 13.4. The zero-order valence-corrected chi connectivity index (χ0v) is 22.1. The predicted octanol–water partition coefficient (Wildman–Crippen LogP) is 5.61. The Morgan fingerprint density at radius 3 is 2.32 bits per heavy atom. The molecule has 0 bridgehead atoms. The van der Waals surface area contributed by atoms with Crippen LogP contribution in [0.5, 0.6) is 5.75 Å². The van der Waals surface area contributed by atoms with Crippen molar-refractivity contribution in [3.8, 4) is 5.75 Å². The van der Waals surface area contributed by atoms with Crippen LogP contribution in [0.1, 0.15) is 47.8 Å². The number of carboxylic acids is 1. The second-order valence-corrected chi connectivity index (χ2v) is 10.2. The Kier molecular flexibility index (Phi) is 6.59. The van der Waals surface area contributed by atoms with Gasteiger partial charge in [-0.1, -0.05) is 30.3 Å². The molecular weight excluding hydrogens is 583 g/mol. The average Bonchev–Trinajstić information content (AvgIpc) is 2.89. The van der Waals surface area contributed by atoms with E-state index in [1.54, 1.807) is 24.3 Å². The fraction of sp³-hybridized carbons (Fsp3) is 0.138. The zero-order valence-electron chi connectivity index (χ0n) is 19.9. The van der Waals surface area contributed by atoms with Crippen LogP contribution in [-0.4, -0.2) is 39.4 Å². The first-order valence-corrected chi connectivity index (χ1v) is 12.8. The van der Waals surface area contributed by atoms with Gasteiger partial charge in [0.25, 0.3) is 11.8 Å². The molecule has 0 aliphatic carbocycles. The van der Waals surface area contributed by atoms with E-state index in [2.05, 4.69) is 27.9 Å². The summed E-state index contributed by atoms with van der Waals surface area (Å²) in [5, 5.41) is 24.0. The molecule has 5 rings (SSSR count). The lowest BCUT2D eigenvalue weighted by molar-refractivity contribution is 0.0596. The number of carbonyl (C=O) groups excluding carboxylic acids is 2. The highest BCUT2D eigenvalue weighted by Gasteiger charge is 2.33. The van der Waals surface area contributed by atoms with E-state index >= 15 is 0 Å². The molecule has 3 N–H and O–H groups in total. The van der Waals surface area contributed by atoms with Crippen molar-refractivity contribution in [2.24, 2.45) is 0 Å². The molecule has 7 nitrogen and oxygen atoms in total. The Bertz CT molecular complexity index is 1530. The summed E-state index contributed by atoms with van der Waals surface area (Å²) >= 11 is 2.12. The lowest BCUT2D eigenvalue weighted by Gasteiger charge is -2.28. The second kappa shape index (κ2) is 9.85. The molecule has 8 heteroatoms. The molecule has 1 aliphatic heterocycles. The van der Waals surface area contributed by atoms with Gasteiger partial charge in [0.1, 0.15) is 5.75 Å². The van der Waals surface area contributed by atoms with Gasteiger partial charge < -0.3 is 15.5 Å². The smallest absolute Gasteiger partial charge is 0.335 e. The fourth-order valence-corrected chi connectivity index (χ4v) is 5.50. The van der Waals surface area contributed by atoms with Crippen molar-refractivity contribution in [2.75, 3.05) is 11.9 Å². The van der Waals surface area contributed by atoms with Gasteiger partial charge in [-0.05, 0) is 89.0 Å². The summed E-state index contributed by atoms with van der Waals surface area (Å²) in [6.07, 6.45) is 0.742. The highest BCUT2D eigenvalue weighted by molar-refractivity contribution is 14.1. The number of anilines is 1. The second-order valence-electron chi connectivity index (χ2n) is 9.01. The van der Waals surface area contributed by atoms with Crippen molar-refractivity contribution in [3.05, 3.63) is 104 Å². The van der Waals surface area contributed by atoms with Gasteiger partial charge in [0.2, 0.25) is 0 Å². The number of hydrogen-bond donors (Lipinski definition) is 3. The van der Waals surface area contributed by atoms with E-state index in [-0.39, 0.29) is 23.9 Å². The first-order chi connectivity index (χ1) is 17.7. The van der Waals surface area contributed by atoms with Crippen molar-refractivity contribution >= 4 is 56.8 Å². The number of halogens is 1. The number of benzene rings is 4. The summed E-state index contributed by atoms with van der Waals surface area (Å²) in [5.74, 6) is -1.48. The van der Waals surface area contributed by atoms with Gasteiger partial charge >= 0.3 is 5.97 Å². The van der Waals surface area contributed by atoms with Gasteiger partial charge in [-0.2, -0.15) is 0 Å². The molecule has 0 saturated heterocycles. The van der Waals surface area contributed by atoms with Gasteiger partial charge in [-0.25, -0.2) is 4.79 Å². The van der Waals surface area contributed by atoms with Crippen LogP contribution in [0, 0.1) is 10.5 Å². The number of amides is 2. The fourth-order valence-electron chi connectivity index (χ4n) is 4.67. The minimum Gasteiger partial charge on any atom is -0.507 e. The third-order valence-corrected chi connectivity index (χ3v) is 7.40. The van der Waals surface area contributed by atoms with E-state index in [0.717, 1.165) is 32.2 Å². The lowest BCUT2D eigenvalue weighted by atomic mass is 9.92. The quantitative estimate of drug-likeness (QED) is 0.187. The Hall–Kier alpha value is -3.92. The zero-order chi connectivity index (χ0) is 26.3. The number of carbonyl (C=O) groups is 3. The van der Waals surface area contributed by atoms with E-state index in [9.17, 15) is 19.5 Å². The molecular formula is C29H23IN2O5. The third kappa shape index (κ3) is 4.64. The van der Waals surface area contributed by atoms with Gasteiger partial charge in [0.05, 0.1) is 15.7 Å². The topological polar surface area (TPSA) is 107 Å². The number of carboxylic acid groups (broad SMARTS) is 1. The Balaban J connectivity index is 1.39. The van der Waals surface area contributed by atoms with Crippen LogP contribution in [0.3, 0.4) is 0 Å². The molecule has 0 fully saturated rings. The number of imide groups is 1. The van der Waals surface area contributed by atoms with E-state index in [1.165, 1.54) is 17.0 Å². The predicted molar refractivity (Wildman–Crippen MR) is 149 cm³/mol. The first kappa shape index (κ1) is 24.8. The number of phenolic OH excluding ortho intramolecular Hbond substituents is 1. The van der Waals surface area contributed by atoms with Crippen LogP contribution in [0.15, 0.2) is 66.7 Å². The minimum absolute atomic E-state index is 0.0538. The molecule has 1 aliphatic rings. The number of aromatic carboxylic acids is 1. The van der Waals surface area contributed by atoms with Crippen LogP contribution in [-0.2, 0) is 13.0 Å². The molecule has 0 unspecified atom stereocenters. The molecule has 2 amide bonds. The number of rotatable bonds is 7. The van der Waals surface area contributed by atoms with Crippen LogP contribution in [0.4, 0.5) is 5.69 Å². The molecule has 0 atom stereocenters. The van der Waals surface area contributed by atoms with Crippen molar-refractivity contribution < 1.29 is 24.6 Å². The number of nitrogens with one attached hydrogen (secondary N) is 1. The summed E-state index contributed by atoms with van der Waals surface area (Å²) in [6.45, 7) is 2.57. The minimum atomic E-state index is -1.03. The van der Waals surface area contributed by atoms with Gasteiger partial charge in [-0.3, -0.25) is 14.5 Å².